The Hall–Kier alpha value is -0.660. The van der Waals surface area contributed by atoms with Gasteiger partial charge in [-0.1, -0.05) is 0 Å². The maximum absolute atomic E-state index is 12.5. The van der Waals surface area contributed by atoms with Crippen molar-refractivity contribution in [2.24, 2.45) is 0 Å². The van der Waals surface area contributed by atoms with E-state index in [4.69, 9.17) is 9.47 Å². The molecule has 6 nitrogen and oxygen atoms in total. The number of amides is 1. The van der Waals surface area contributed by atoms with Crippen molar-refractivity contribution in [2.75, 3.05) is 38.9 Å². The summed E-state index contributed by atoms with van der Waals surface area (Å²) < 4.78 is 33.3. The predicted molar refractivity (Wildman–Crippen MR) is 71.7 cm³/mol. The van der Waals surface area contributed by atoms with E-state index in [1.807, 2.05) is 0 Å². The molecule has 1 rings (SSSR count). The van der Waals surface area contributed by atoms with Gasteiger partial charge in [0.2, 0.25) is 0 Å². The van der Waals surface area contributed by atoms with E-state index < -0.39 is 15.4 Å². The van der Waals surface area contributed by atoms with E-state index >= 15 is 0 Å². The van der Waals surface area contributed by atoms with Gasteiger partial charge in [0.1, 0.15) is 5.60 Å². The molecule has 1 heterocycles. The standard InChI is InChI=1S/C12H23NO5S/c1-12(2,18-4)11(14)13(6-7-17-3)10-5-8-19(15,16)9-10/h10H,5-9H2,1-4H3. The molecular formula is C12H23NO5S. The molecule has 0 radical (unpaired) electrons. The highest BCUT2D eigenvalue weighted by atomic mass is 32.2. The van der Waals surface area contributed by atoms with Crippen molar-refractivity contribution in [2.45, 2.75) is 31.9 Å². The van der Waals surface area contributed by atoms with Crippen LogP contribution in [-0.2, 0) is 24.1 Å². The fourth-order valence-corrected chi connectivity index (χ4v) is 3.82. The van der Waals surface area contributed by atoms with Crippen molar-refractivity contribution in [3.63, 3.8) is 0 Å². The van der Waals surface area contributed by atoms with Crippen LogP contribution in [0.15, 0.2) is 0 Å². The molecule has 0 aromatic rings. The SMILES string of the molecule is COCCN(C(=O)C(C)(C)OC)C1CCS(=O)(=O)C1. The number of hydrogen-bond acceptors (Lipinski definition) is 5. The van der Waals surface area contributed by atoms with Gasteiger partial charge in [0.25, 0.3) is 5.91 Å². The largest absolute Gasteiger partial charge is 0.383 e. The van der Waals surface area contributed by atoms with Gasteiger partial charge in [-0.25, -0.2) is 8.42 Å². The molecule has 112 valence electrons. The molecule has 0 aliphatic carbocycles. The van der Waals surface area contributed by atoms with Crippen LogP contribution in [0.2, 0.25) is 0 Å². The Bertz CT molecular complexity index is 418. The summed E-state index contributed by atoms with van der Waals surface area (Å²) in [5.41, 5.74) is -0.958. The molecular weight excluding hydrogens is 270 g/mol. The second-order valence-electron chi connectivity index (χ2n) is 5.26. The maximum Gasteiger partial charge on any atom is 0.254 e. The van der Waals surface area contributed by atoms with E-state index in [9.17, 15) is 13.2 Å². The number of ether oxygens (including phenoxy) is 2. The Morgan fingerprint density at radius 2 is 2.00 bits per heavy atom. The Morgan fingerprint density at radius 1 is 1.37 bits per heavy atom. The number of methoxy groups -OCH3 is 2. The van der Waals surface area contributed by atoms with E-state index in [1.54, 1.807) is 25.9 Å². The van der Waals surface area contributed by atoms with E-state index in [0.717, 1.165) is 0 Å². The Morgan fingerprint density at radius 3 is 2.42 bits per heavy atom. The second-order valence-corrected chi connectivity index (χ2v) is 7.49. The number of hydrogen-bond donors (Lipinski definition) is 0. The molecule has 0 spiro atoms. The molecule has 19 heavy (non-hydrogen) atoms. The zero-order chi connectivity index (χ0) is 14.7. The lowest BCUT2D eigenvalue weighted by molar-refractivity contribution is -0.153. The lowest BCUT2D eigenvalue weighted by Gasteiger charge is -2.34. The van der Waals surface area contributed by atoms with Gasteiger partial charge in [0.15, 0.2) is 9.84 Å². The van der Waals surface area contributed by atoms with Crippen molar-refractivity contribution in [3.05, 3.63) is 0 Å². The molecule has 1 aliphatic rings. The molecule has 0 aromatic heterocycles. The lowest BCUT2D eigenvalue weighted by Crippen LogP contribution is -2.52. The van der Waals surface area contributed by atoms with Crippen molar-refractivity contribution < 1.29 is 22.7 Å². The van der Waals surface area contributed by atoms with Gasteiger partial charge in [0, 0.05) is 26.8 Å². The quantitative estimate of drug-likeness (QED) is 0.693. The van der Waals surface area contributed by atoms with Crippen LogP contribution < -0.4 is 0 Å². The van der Waals surface area contributed by atoms with Gasteiger partial charge in [-0.15, -0.1) is 0 Å². The zero-order valence-corrected chi connectivity index (χ0v) is 12.8. The van der Waals surface area contributed by atoms with Crippen LogP contribution >= 0.6 is 0 Å². The van der Waals surface area contributed by atoms with Crippen molar-refractivity contribution in [1.82, 2.24) is 4.90 Å². The maximum atomic E-state index is 12.5. The summed E-state index contributed by atoms with van der Waals surface area (Å²) in [7, 11) is -0.00564. The Kier molecular flexibility index (Phi) is 5.34. The molecule has 1 aliphatic heterocycles. The van der Waals surface area contributed by atoms with Crippen LogP contribution in [-0.4, -0.2) is 69.7 Å². The molecule has 1 saturated heterocycles. The van der Waals surface area contributed by atoms with E-state index in [1.165, 1.54) is 7.11 Å². The van der Waals surface area contributed by atoms with Gasteiger partial charge < -0.3 is 14.4 Å². The highest BCUT2D eigenvalue weighted by Gasteiger charge is 2.39. The highest BCUT2D eigenvalue weighted by molar-refractivity contribution is 7.91. The number of carbonyl (C=O) groups excluding carboxylic acids is 1. The van der Waals surface area contributed by atoms with Gasteiger partial charge >= 0.3 is 0 Å². The van der Waals surface area contributed by atoms with Gasteiger partial charge in [-0.3, -0.25) is 4.79 Å². The molecule has 7 heteroatoms. The monoisotopic (exact) mass is 293 g/mol. The lowest BCUT2D eigenvalue weighted by atomic mass is 10.1. The van der Waals surface area contributed by atoms with E-state index in [-0.39, 0.29) is 23.5 Å². The van der Waals surface area contributed by atoms with Crippen molar-refractivity contribution in [3.8, 4) is 0 Å². The molecule has 1 fully saturated rings. The molecule has 0 aromatic carbocycles. The average Bonchev–Trinajstić information content (AvgIpc) is 2.70. The number of nitrogens with zero attached hydrogens (tertiary/aromatic N) is 1. The molecule has 0 bridgehead atoms. The Labute approximate surface area is 115 Å². The fourth-order valence-electron chi connectivity index (χ4n) is 2.09. The number of carbonyl (C=O) groups is 1. The van der Waals surface area contributed by atoms with Crippen molar-refractivity contribution in [1.29, 1.82) is 0 Å². The van der Waals surface area contributed by atoms with Crippen LogP contribution in [0, 0.1) is 0 Å². The summed E-state index contributed by atoms with van der Waals surface area (Å²) in [6.45, 7) is 4.11. The molecule has 0 saturated carbocycles. The summed E-state index contributed by atoms with van der Waals surface area (Å²) in [4.78, 5) is 14.0. The van der Waals surface area contributed by atoms with E-state index in [0.29, 0.717) is 19.6 Å². The van der Waals surface area contributed by atoms with Gasteiger partial charge in [-0.05, 0) is 20.3 Å². The summed E-state index contributed by atoms with van der Waals surface area (Å²) in [6.07, 6.45) is 0.484. The van der Waals surface area contributed by atoms with E-state index in [2.05, 4.69) is 0 Å². The first-order chi connectivity index (χ1) is 8.73. The molecule has 1 amide bonds. The summed E-state index contributed by atoms with van der Waals surface area (Å²) in [6, 6.07) is -0.276. The minimum atomic E-state index is -3.03. The Balaban J connectivity index is 2.86. The minimum absolute atomic E-state index is 0.0300. The minimum Gasteiger partial charge on any atom is -0.383 e. The van der Waals surface area contributed by atoms with Gasteiger partial charge in [-0.2, -0.15) is 0 Å². The average molecular weight is 293 g/mol. The summed E-state index contributed by atoms with van der Waals surface area (Å²) >= 11 is 0. The van der Waals surface area contributed by atoms with Crippen LogP contribution in [0.25, 0.3) is 0 Å². The smallest absolute Gasteiger partial charge is 0.254 e. The molecule has 1 atom stereocenters. The second kappa shape index (κ2) is 6.19. The first-order valence-corrected chi connectivity index (χ1v) is 8.11. The highest BCUT2D eigenvalue weighted by Crippen LogP contribution is 2.22. The van der Waals surface area contributed by atoms with Crippen LogP contribution in [0.4, 0.5) is 0 Å². The van der Waals surface area contributed by atoms with Crippen LogP contribution in [0.5, 0.6) is 0 Å². The third-order valence-electron chi connectivity index (χ3n) is 3.47. The third-order valence-corrected chi connectivity index (χ3v) is 5.22. The fraction of sp³-hybridized carbons (Fsp3) is 0.917. The van der Waals surface area contributed by atoms with Crippen LogP contribution in [0.1, 0.15) is 20.3 Å². The number of rotatable bonds is 6. The van der Waals surface area contributed by atoms with Crippen LogP contribution in [0.3, 0.4) is 0 Å². The molecule has 0 N–H and O–H groups in total. The summed E-state index contributed by atoms with van der Waals surface area (Å²) in [5, 5.41) is 0. The molecule has 1 unspecified atom stereocenters. The van der Waals surface area contributed by atoms with Gasteiger partial charge in [0.05, 0.1) is 18.1 Å². The first kappa shape index (κ1) is 16.4. The number of sulfone groups is 1. The van der Waals surface area contributed by atoms with Crippen molar-refractivity contribution >= 4 is 15.7 Å². The normalized spacial score (nSPS) is 22.4. The predicted octanol–water partition coefficient (Wildman–Crippen LogP) is 0.0735. The zero-order valence-electron chi connectivity index (χ0n) is 12.0. The third kappa shape index (κ3) is 4.15. The summed E-state index contributed by atoms with van der Waals surface area (Å²) in [5.74, 6) is -0.0291. The topological polar surface area (TPSA) is 72.9 Å². The first-order valence-electron chi connectivity index (χ1n) is 6.29.